The zero-order valence-electron chi connectivity index (χ0n) is 13.1. The van der Waals surface area contributed by atoms with E-state index in [1.807, 2.05) is 14.0 Å². The second-order valence-corrected chi connectivity index (χ2v) is 8.68. The molecule has 0 saturated heterocycles. The van der Waals surface area contributed by atoms with Gasteiger partial charge >= 0.3 is 0 Å². The van der Waals surface area contributed by atoms with Crippen molar-refractivity contribution in [3.63, 3.8) is 0 Å². The largest absolute Gasteiger partial charge is 0.333 e. The van der Waals surface area contributed by atoms with Crippen LogP contribution in [0.2, 0.25) is 10.0 Å². The van der Waals surface area contributed by atoms with Crippen LogP contribution in [0.5, 0.6) is 0 Å². The first-order chi connectivity index (χ1) is 10.8. The maximum absolute atomic E-state index is 12.5. The summed E-state index contributed by atoms with van der Waals surface area (Å²) in [6, 6.07) is 12.8. The lowest BCUT2D eigenvalue weighted by atomic mass is 10.1. The highest BCUT2D eigenvalue weighted by Crippen LogP contribution is 2.25. The first-order valence-electron chi connectivity index (χ1n) is 7.32. The van der Waals surface area contributed by atoms with Crippen molar-refractivity contribution < 1.29 is 13.3 Å². The van der Waals surface area contributed by atoms with Gasteiger partial charge in [0, 0.05) is 10.6 Å². The van der Waals surface area contributed by atoms with E-state index < -0.39 is 9.84 Å². The highest BCUT2D eigenvalue weighted by Gasteiger charge is 2.20. The number of nitrogens with one attached hydrogen (secondary N) is 1. The molecule has 2 rings (SSSR count). The highest BCUT2D eigenvalue weighted by molar-refractivity contribution is 7.91. The minimum Gasteiger partial charge on any atom is -0.333 e. The number of rotatable bonds is 6. The van der Waals surface area contributed by atoms with Crippen LogP contribution in [0.15, 0.2) is 47.4 Å². The van der Waals surface area contributed by atoms with Crippen LogP contribution >= 0.6 is 23.2 Å². The normalized spacial score (nSPS) is 13.0. The highest BCUT2D eigenvalue weighted by atomic mass is 35.5. The molecule has 0 spiro atoms. The second kappa shape index (κ2) is 7.67. The lowest BCUT2D eigenvalue weighted by Gasteiger charge is -2.15. The predicted molar refractivity (Wildman–Crippen MR) is 95.2 cm³/mol. The molecule has 0 aliphatic heterocycles. The molecule has 0 aliphatic carbocycles. The van der Waals surface area contributed by atoms with Gasteiger partial charge in [0.05, 0.1) is 23.5 Å². The van der Waals surface area contributed by atoms with Crippen LogP contribution in [0.25, 0.3) is 0 Å². The van der Waals surface area contributed by atoms with Gasteiger partial charge in [-0.3, -0.25) is 0 Å². The molecular formula is C17H20Cl2NO2S+. The molecule has 6 heteroatoms. The number of sulfone groups is 1. The fourth-order valence-electron chi connectivity index (χ4n) is 2.28. The van der Waals surface area contributed by atoms with Crippen LogP contribution < -0.4 is 4.90 Å². The van der Waals surface area contributed by atoms with E-state index in [0.29, 0.717) is 11.6 Å². The summed E-state index contributed by atoms with van der Waals surface area (Å²) in [4.78, 5) is 1.23. The summed E-state index contributed by atoms with van der Waals surface area (Å²) in [6.07, 6.45) is 0. The molecule has 0 radical (unpaired) electrons. The Labute approximate surface area is 147 Å². The molecular weight excluding hydrogens is 353 g/mol. The number of hydrogen-bond donors (Lipinski definition) is 1. The summed E-state index contributed by atoms with van der Waals surface area (Å²) >= 11 is 11.9. The van der Waals surface area contributed by atoms with E-state index in [1.54, 1.807) is 6.07 Å². The van der Waals surface area contributed by atoms with Crippen molar-refractivity contribution in [2.75, 3.05) is 19.3 Å². The Balaban J connectivity index is 2.01. The van der Waals surface area contributed by atoms with Crippen molar-refractivity contribution in [2.24, 2.45) is 0 Å². The Morgan fingerprint density at radius 2 is 1.70 bits per heavy atom. The van der Waals surface area contributed by atoms with Crippen LogP contribution in [0.1, 0.15) is 11.1 Å². The van der Waals surface area contributed by atoms with E-state index >= 15 is 0 Å². The van der Waals surface area contributed by atoms with Crippen LogP contribution in [0.3, 0.4) is 0 Å². The SMILES string of the molecule is Cc1ccc(C[NH+](C)CCS(=O)(=O)c2cc(Cl)ccc2Cl)cc1. The first-order valence-corrected chi connectivity index (χ1v) is 9.73. The molecule has 0 fully saturated rings. The molecule has 0 heterocycles. The molecule has 1 N–H and O–H groups in total. The summed E-state index contributed by atoms with van der Waals surface area (Å²) in [7, 11) is -1.46. The minimum absolute atomic E-state index is 0.0325. The lowest BCUT2D eigenvalue weighted by molar-refractivity contribution is -0.891. The predicted octanol–water partition coefficient (Wildman–Crippen LogP) is 2.79. The van der Waals surface area contributed by atoms with E-state index in [4.69, 9.17) is 23.2 Å². The van der Waals surface area contributed by atoms with Gasteiger partial charge < -0.3 is 4.90 Å². The van der Waals surface area contributed by atoms with Gasteiger partial charge in [0.15, 0.2) is 9.84 Å². The monoisotopic (exact) mass is 372 g/mol. The first kappa shape index (κ1) is 18.3. The van der Waals surface area contributed by atoms with Gasteiger partial charge in [0.2, 0.25) is 0 Å². The van der Waals surface area contributed by atoms with Crippen LogP contribution in [-0.2, 0) is 16.4 Å². The quantitative estimate of drug-likeness (QED) is 0.846. The summed E-state index contributed by atoms with van der Waals surface area (Å²) in [6.45, 7) is 3.32. The average Bonchev–Trinajstić information content (AvgIpc) is 2.50. The third kappa shape index (κ3) is 5.21. The second-order valence-electron chi connectivity index (χ2n) is 5.76. The van der Waals surface area contributed by atoms with Gasteiger partial charge in [-0.25, -0.2) is 8.42 Å². The zero-order chi connectivity index (χ0) is 17.0. The smallest absolute Gasteiger partial charge is 0.185 e. The van der Waals surface area contributed by atoms with E-state index in [9.17, 15) is 8.42 Å². The average molecular weight is 373 g/mol. The Kier molecular flexibility index (Phi) is 6.09. The third-order valence-electron chi connectivity index (χ3n) is 3.65. The Bertz CT molecular complexity index is 774. The molecule has 2 aromatic carbocycles. The topological polar surface area (TPSA) is 38.6 Å². The van der Waals surface area contributed by atoms with E-state index in [0.717, 1.165) is 11.4 Å². The molecule has 124 valence electrons. The molecule has 3 nitrogen and oxygen atoms in total. The standard InChI is InChI=1S/C17H19Cl2NO2S/c1-13-3-5-14(6-4-13)12-20(2)9-10-23(21,22)17-11-15(18)7-8-16(17)19/h3-8,11H,9-10,12H2,1-2H3/p+1. The number of benzene rings is 2. The summed E-state index contributed by atoms with van der Waals surface area (Å²) in [5, 5.41) is 0.582. The van der Waals surface area contributed by atoms with Gasteiger partial charge in [-0.1, -0.05) is 53.0 Å². The van der Waals surface area contributed by atoms with Crippen LogP contribution in [0.4, 0.5) is 0 Å². The fourth-order valence-corrected chi connectivity index (χ4v) is 4.49. The maximum Gasteiger partial charge on any atom is 0.185 e. The van der Waals surface area contributed by atoms with Crippen molar-refractivity contribution in [3.8, 4) is 0 Å². The molecule has 0 aromatic heterocycles. The number of quaternary nitrogens is 1. The molecule has 0 amide bonds. The van der Waals surface area contributed by atoms with E-state index in [1.165, 1.54) is 23.3 Å². The summed E-state index contributed by atoms with van der Waals surface area (Å²) in [5.41, 5.74) is 2.40. The molecule has 0 aliphatic rings. The van der Waals surface area contributed by atoms with Gasteiger partial charge in [0.25, 0.3) is 0 Å². The van der Waals surface area contributed by atoms with Crippen molar-refractivity contribution in [1.82, 2.24) is 0 Å². The number of hydrogen-bond acceptors (Lipinski definition) is 2. The minimum atomic E-state index is -3.44. The third-order valence-corrected chi connectivity index (χ3v) is 6.08. The summed E-state index contributed by atoms with van der Waals surface area (Å²) < 4.78 is 24.9. The van der Waals surface area contributed by atoms with Crippen LogP contribution in [0, 0.1) is 6.92 Å². The van der Waals surface area contributed by atoms with Crippen molar-refractivity contribution in [2.45, 2.75) is 18.4 Å². The molecule has 0 bridgehead atoms. The number of aryl methyl sites for hydroxylation is 1. The molecule has 1 atom stereocenters. The molecule has 23 heavy (non-hydrogen) atoms. The Hall–Kier alpha value is -1.07. The summed E-state index contributed by atoms with van der Waals surface area (Å²) in [5.74, 6) is 0.0325. The van der Waals surface area contributed by atoms with Crippen LogP contribution in [-0.4, -0.2) is 27.8 Å². The molecule has 2 aromatic rings. The van der Waals surface area contributed by atoms with Gasteiger partial charge in [-0.2, -0.15) is 0 Å². The number of halogens is 2. The lowest BCUT2D eigenvalue weighted by Crippen LogP contribution is -3.08. The van der Waals surface area contributed by atoms with Crippen molar-refractivity contribution in [3.05, 3.63) is 63.6 Å². The van der Waals surface area contributed by atoms with Gasteiger partial charge in [-0.15, -0.1) is 0 Å². The van der Waals surface area contributed by atoms with Crippen molar-refractivity contribution in [1.29, 1.82) is 0 Å². The van der Waals surface area contributed by atoms with E-state index in [-0.39, 0.29) is 15.7 Å². The Morgan fingerprint density at radius 1 is 1.04 bits per heavy atom. The fraction of sp³-hybridized carbons (Fsp3) is 0.294. The molecule has 1 unspecified atom stereocenters. The van der Waals surface area contributed by atoms with E-state index in [2.05, 4.69) is 24.3 Å². The van der Waals surface area contributed by atoms with Gasteiger partial charge in [-0.05, 0) is 25.1 Å². The van der Waals surface area contributed by atoms with Gasteiger partial charge in [0.1, 0.15) is 12.3 Å². The van der Waals surface area contributed by atoms with Crippen molar-refractivity contribution >= 4 is 33.0 Å². The maximum atomic E-state index is 12.5. The Morgan fingerprint density at radius 3 is 2.35 bits per heavy atom. The zero-order valence-corrected chi connectivity index (χ0v) is 15.5. The molecule has 0 saturated carbocycles.